The Balaban J connectivity index is 2.23. The Morgan fingerprint density at radius 2 is 2.62 bits per heavy atom. The zero-order chi connectivity index (χ0) is 5.82. The van der Waals surface area contributed by atoms with Gasteiger partial charge in [-0.2, -0.15) is 0 Å². The first-order valence-corrected chi connectivity index (χ1v) is 5.82. The molecule has 0 spiro atoms. The summed E-state index contributed by atoms with van der Waals surface area (Å²) < 4.78 is 3.33. The SMILES string of the molecule is CCCC1=CCC[I-]1. The van der Waals surface area contributed by atoms with Crippen molar-refractivity contribution in [2.75, 3.05) is 4.43 Å². The normalized spacial score (nSPS) is 19.9. The van der Waals surface area contributed by atoms with Crippen LogP contribution in [0.15, 0.2) is 9.66 Å². The number of halogens is 1. The molecule has 0 fully saturated rings. The molecule has 1 rings (SSSR count). The molecule has 0 atom stereocenters. The summed E-state index contributed by atoms with van der Waals surface area (Å²) in [7, 11) is 0. The van der Waals surface area contributed by atoms with Crippen LogP contribution in [-0.2, 0) is 0 Å². The van der Waals surface area contributed by atoms with Crippen molar-refractivity contribution in [3.63, 3.8) is 0 Å². The molecule has 1 aliphatic heterocycles. The summed E-state index contributed by atoms with van der Waals surface area (Å²) in [4.78, 5) is 0. The van der Waals surface area contributed by atoms with E-state index in [1.165, 1.54) is 23.7 Å². The first kappa shape index (κ1) is 6.59. The molecule has 0 radical (unpaired) electrons. The standard InChI is InChI=1S/C7H12I/c1-2-4-7-5-3-6-8-7/h5H,2-4,6H2,1H3/q-1. The molecule has 0 amide bonds. The molecule has 0 aliphatic carbocycles. The van der Waals surface area contributed by atoms with Crippen LogP contribution in [0.3, 0.4) is 0 Å². The first-order valence-electron chi connectivity index (χ1n) is 3.21. The van der Waals surface area contributed by atoms with Crippen molar-refractivity contribution in [2.24, 2.45) is 0 Å². The van der Waals surface area contributed by atoms with Gasteiger partial charge in [-0.15, -0.1) is 0 Å². The summed E-state index contributed by atoms with van der Waals surface area (Å²) in [5.41, 5.74) is 0. The van der Waals surface area contributed by atoms with Crippen molar-refractivity contribution >= 4 is 0 Å². The summed E-state index contributed by atoms with van der Waals surface area (Å²) in [5.74, 6) is 0. The predicted molar refractivity (Wildman–Crippen MR) is 32.5 cm³/mol. The van der Waals surface area contributed by atoms with Crippen molar-refractivity contribution in [1.82, 2.24) is 0 Å². The molecule has 1 aliphatic rings. The molecule has 0 saturated carbocycles. The molecule has 48 valence electrons. The van der Waals surface area contributed by atoms with Crippen LogP contribution in [0.2, 0.25) is 0 Å². The average Bonchev–Trinajstić information content (AvgIpc) is 2.19. The third-order valence-corrected chi connectivity index (χ3v) is 4.35. The van der Waals surface area contributed by atoms with E-state index in [0.717, 1.165) is 0 Å². The number of allylic oxidation sites excluding steroid dienone is 2. The fourth-order valence-corrected chi connectivity index (χ4v) is 3.71. The summed E-state index contributed by atoms with van der Waals surface area (Å²) in [5, 5.41) is 0. The van der Waals surface area contributed by atoms with Gasteiger partial charge in [0, 0.05) is 0 Å². The van der Waals surface area contributed by atoms with Gasteiger partial charge in [0.15, 0.2) is 0 Å². The molecule has 1 heteroatoms. The second-order valence-electron chi connectivity index (χ2n) is 2.01. The van der Waals surface area contributed by atoms with Crippen LogP contribution in [0.1, 0.15) is 26.2 Å². The fourth-order valence-electron chi connectivity index (χ4n) is 0.849. The van der Waals surface area contributed by atoms with E-state index in [2.05, 4.69) is 13.0 Å². The average molecular weight is 223 g/mol. The third kappa shape index (κ3) is 1.77. The molecule has 0 aromatic rings. The van der Waals surface area contributed by atoms with Crippen molar-refractivity contribution in [3.8, 4) is 0 Å². The fraction of sp³-hybridized carbons (Fsp3) is 0.714. The minimum atomic E-state index is 0.531. The van der Waals surface area contributed by atoms with Crippen LogP contribution in [-0.4, -0.2) is 4.43 Å². The van der Waals surface area contributed by atoms with Gasteiger partial charge in [0.1, 0.15) is 0 Å². The zero-order valence-corrected chi connectivity index (χ0v) is 7.44. The van der Waals surface area contributed by atoms with E-state index < -0.39 is 0 Å². The molecule has 0 bridgehead atoms. The minimum absolute atomic E-state index is 0.531. The van der Waals surface area contributed by atoms with Gasteiger partial charge in [-0.05, 0) is 0 Å². The second-order valence-corrected chi connectivity index (χ2v) is 5.24. The molecular weight excluding hydrogens is 211 g/mol. The zero-order valence-electron chi connectivity index (χ0n) is 5.28. The topological polar surface area (TPSA) is 0 Å². The Bertz CT molecular complexity index is 94.6. The Labute approximate surface area is 61.6 Å². The van der Waals surface area contributed by atoms with Crippen LogP contribution >= 0.6 is 0 Å². The van der Waals surface area contributed by atoms with Gasteiger partial charge in [0.05, 0.1) is 0 Å². The van der Waals surface area contributed by atoms with Crippen molar-refractivity contribution in [1.29, 1.82) is 0 Å². The monoisotopic (exact) mass is 223 g/mol. The summed E-state index contributed by atoms with van der Waals surface area (Å²) in [6, 6.07) is 0. The van der Waals surface area contributed by atoms with Gasteiger partial charge >= 0.3 is 61.5 Å². The van der Waals surface area contributed by atoms with Gasteiger partial charge in [0.25, 0.3) is 0 Å². The Hall–Kier alpha value is 0.470. The Kier molecular flexibility index (Phi) is 2.87. The van der Waals surface area contributed by atoms with Gasteiger partial charge in [-0.3, -0.25) is 0 Å². The van der Waals surface area contributed by atoms with Crippen LogP contribution in [0.4, 0.5) is 0 Å². The van der Waals surface area contributed by atoms with Crippen molar-refractivity contribution in [2.45, 2.75) is 26.2 Å². The molecule has 8 heavy (non-hydrogen) atoms. The van der Waals surface area contributed by atoms with E-state index in [1.54, 1.807) is 0 Å². The quantitative estimate of drug-likeness (QED) is 0.423. The van der Waals surface area contributed by atoms with Crippen LogP contribution in [0, 0.1) is 0 Å². The van der Waals surface area contributed by atoms with Crippen LogP contribution in [0.25, 0.3) is 0 Å². The first-order chi connectivity index (χ1) is 3.93. The Morgan fingerprint density at radius 1 is 1.75 bits per heavy atom. The second kappa shape index (κ2) is 3.49. The maximum absolute atomic E-state index is 2.46. The van der Waals surface area contributed by atoms with Gasteiger partial charge in [-0.1, -0.05) is 0 Å². The maximum atomic E-state index is 2.46. The summed E-state index contributed by atoms with van der Waals surface area (Å²) >= 11 is 0.531. The van der Waals surface area contributed by atoms with Crippen LogP contribution < -0.4 is 21.2 Å². The molecule has 0 aromatic heterocycles. The number of alkyl halides is 1. The molecule has 0 aromatic carbocycles. The van der Waals surface area contributed by atoms with E-state index in [0.29, 0.717) is 21.2 Å². The van der Waals surface area contributed by atoms with Gasteiger partial charge in [0.2, 0.25) is 0 Å². The van der Waals surface area contributed by atoms with E-state index in [-0.39, 0.29) is 0 Å². The van der Waals surface area contributed by atoms with Crippen molar-refractivity contribution in [3.05, 3.63) is 9.66 Å². The number of hydrogen-bond acceptors (Lipinski definition) is 0. The third-order valence-electron chi connectivity index (χ3n) is 1.23. The molecule has 0 unspecified atom stereocenters. The van der Waals surface area contributed by atoms with Crippen LogP contribution in [0.5, 0.6) is 0 Å². The van der Waals surface area contributed by atoms with Crippen molar-refractivity contribution < 1.29 is 21.2 Å². The number of rotatable bonds is 2. The predicted octanol–water partition coefficient (Wildman–Crippen LogP) is -0.837. The van der Waals surface area contributed by atoms with E-state index in [4.69, 9.17) is 0 Å². The molecule has 0 nitrogen and oxygen atoms in total. The number of hydrogen-bond donors (Lipinski definition) is 0. The summed E-state index contributed by atoms with van der Waals surface area (Å²) in [6.45, 7) is 2.27. The van der Waals surface area contributed by atoms with Gasteiger partial charge < -0.3 is 0 Å². The molecular formula is C7H12I-. The molecule has 1 heterocycles. The van der Waals surface area contributed by atoms with E-state index >= 15 is 0 Å². The Morgan fingerprint density at radius 3 is 3.12 bits per heavy atom. The van der Waals surface area contributed by atoms with Gasteiger partial charge in [-0.25, -0.2) is 0 Å². The molecule has 0 saturated heterocycles. The summed E-state index contributed by atoms with van der Waals surface area (Å²) in [6.07, 6.45) is 6.60. The van der Waals surface area contributed by atoms with E-state index in [9.17, 15) is 0 Å². The van der Waals surface area contributed by atoms with E-state index in [1.807, 2.05) is 3.58 Å². The molecule has 0 N–H and O–H groups in total.